The molecule has 0 fully saturated rings. The summed E-state index contributed by atoms with van der Waals surface area (Å²) in [4.78, 5) is 9.20. The summed E-state index contributed by atoms with van der Waals surface area (Å²) in [5.41, 5.74) is 4.23. The van der Waals surface area contributed by atoms with Crippen molar-refractivity contribution >= 4 is 11.7 Å². The van der Waals surface area contributed by atoms with Crippen molar-refractivity contribution < 1.29 is 9.47 Å². The Labute approximate surface area is 229 Å². The monoisotopic (exact) mass is 516 g/mol. The van der Waals surface area contributed by atoms with Crippen molar-refractivity contribution in [3.05, 3.63) is 115 Å². The third kappa shape index (κ3) is 11.4. The van der Waals surface area contributed by atoms with Gasteiger partial charge < -0.3 is 20.1 Å². The topological polar surface area (TPSA) is 67.2 Å². The van der Waals surface area contributed by atoms with E-state index in [-0.39, 0.29) is 6.04 Å². The van der Waals surface area contributed by atoms with Gasteiger partial charge >= 0.3 is 0 Å². The molecule has 2 rings (SSSR count). The molecule has 0 aromatic heterocycles. The number of benzene rings is 2. The molecule has 0 bridgehead atoms. The fraction of sp³-hybridized carbons (Fsp3) is 0.312. The first-order valence-electron chi connectivity index (χ1n) is 12.7. The van der Waals surface area contributed by atoms with Gasteiger partial charge in [0.15, 0.2) is 0 Å². The van der Waals surface area contributed by atoms with Crippen molar-refractivity contribution in [3.63, 3.8) is 0 Å². The molecule has 2 aromatic carbocycles. The number of methoxy groups -OCH3 is 1. The fourth-order valence-electron chi connectivity index (χ4n) is 3.40. The van der Waals surface area contributed by atoms with E-state index in [0.29, 0.717) is 24.1 Å². The van der Waals surface area contributed by atoms with Gasteiger partial charge in [-0.25, -0.2) is 4.99 Å². The van der Waals surface area contributed by atoms with Crippen LogP contribution in [0.1, 0.15) is 49.9 Å². The summed E-state index contributed by atoms with van der Waals surface area (Å²) in [5, 5.41) is 6.79. The Kier molecular flexibility index (Phi) is 15.5. The van der Waals surface area contributed by atoms with Crippen LogP contribution < -0.4 is 15.4 Å². The standard InChI is InChI=1S/C29H36N4O.C3H8O/c1-8-14-21(3)20-28(30-7)33-29(25-16-11-10-15-22(25)4)32-24(6)31-23(5)26-17-12-13-18-27(26)34-19-9-2;1-3-4-2/h8-13,15-18,20,23,31H,1-2,6,14,19H2,3-5,7H3,(H,30,32,33);3H2,1-2H3/b21-20+;. The second-order valence-corrected chi connectivity index (χ2v) is 8.53. The number of allylic oxidation sites excluding steroid dienone is 2. The van der Waals surface area contributed by atoms with Crippen molar-refractivity contribution in [1.29, 1.82) is 0 Å². The van der Waals surface area contributed by atoms with E-state index in [0.717, 1.165) is 41.0 Å². The Balaban J connectivity index is 0.00000168. The van der Waals surface area contributed by atoms with Gasteiger partial charge in [-0.1, -0.05) is 73.3 Å². The van der Waals surface area contributed by atoms with Crippen LogP contribution in [0.3, 0.4) is 0 Å². The van der Waals surface area contributed by atoms with E-state index in [1.54, 1.807) is 20.2 Å². The lowest BCUT2D eigenvalue weighted by Gasteiger charge is -2.22. The quantitative estimate of drug-likeness (QED) is 0.183. The molecule has 0 radical (unpaired) electrons. The maximum absolute atomic E-state index is 5.82. The summed E-state index contributed by atoms with van der Waals surface area (Å²) < 4.78 is 10.4. The molecule has 0 aliphatic rings. The molecule has 0 aliphatic carbocycles. The third-order valence-corrected chi connectivity index (χ3v) is 5.39. The van der Waals surface area contributed by atoms with E-state index >= 15 is 0 Å². The molecule has 0 heterocycles. The Hall–Kier alpha value is -3.90. The normalized spacial score (nSPS) is 12.5. The highest BCUT2D eigenvalue weighted by Crippen LogP contribution is 2.25. The zero-order valence-corrected chi connectivity index (χ0v) is 23.9. The van der Waals surface area contributed by atoms with Gasteiger partial charge in [0.2, 0.25) is 0 Å². The van der Waals surface area contributed by atoms with Gasteiger partial charge in [0.25, 0.3) is 0 Å². The van der Waals surface area contributed by atoms with Gasteiger partial charge in [-0.15, -0.1) is 6.58 Å². The van der Waals surface area contributed by atoms with E-state index in [1.807, 2.05) is 68.5 Å². The maximum atomic E-state index is 5.82. The van der Waals surface area contributed by atoms with E-state index in [4.69, 9.17) is 9.73 Å². The fourth-order valence-corrected chi connectivity index (χ4v) is 3.40. The first kappa shape index (κ1) is 32.1. The molecule has 0 amide bonds. The van der Waals surface area contributed by atoms with E-state index in [2.05, 4.69) is 60.0 Å². The minimum atomic E-state index is -0.0480. The lowest BCUT2D eigenvalue weighted by Crippen LogP contribution is -2.33. The van der Waals surface area contributed by atoms with Crippen molar-refractivity contribution in [2.75, 3.05) is 27.4 Å². The zero-order valence-electron chi connectivity index (χ0n) is 23.9. The molecule has 0 aliphatic heterocycles. The number of para-hydroxylation sites is 1. The molecule has 1 unspecified atom stereocenters. The number of nitrogens with zero attached hydrogens (tertiary/aromatic N) is 2. The van der Waals surface area contributed by atoms with Crippen LogP contribution in [0.2, 0.25) is 0 Å². The number of rotatable bonds is 12. The molecule has 2 aromatic rings. The number of nitrogens with one attached hydrogen (secondary N) is 2. The predicted molar refractivity (Wildman–Crippen MR) is 163 cm³/mol. The highest BCUT2D eigenvalue weighted by atomic mass is 16.5. The largest absolute Gasteiger partial charge is 0.489 e. The number of ether oxygens (including phenoxy) is 2. The van der Waals surface area contributed by atoms with Gasteiger partial charge in [-0.05, 0) is 51.8 Å². The van der Waals surface area contributed by atoms with Crippen LogP contribution in [0.15, 0.2) is 108 Å². The van der Waals surface area contributed by atoms with Gasteiger partial charge in [0.1, 0.15) is 24.0 Å². The minimum Gasteiger partial charge on any atom is -0.489 e. The molecule has 204 valence electrons. The summed E-state index contributed by atoms with van der Waals surface area (Å²) in [6.45, 7) is 21.1. The van der Waals surface area contributed by atoms with Crippen molar-refractivity contribution in [3.8, 4) is 5.75 Å². The van der Waals surface area contributed by atoms with Gasteiger partial charge in [-0.3, -0.25) is 4.99 Å². The molecular weight excluding hydrogens is 472 g/mol. The van der Waals surface area contributed by atoms with Crippen molar-refractivity contribution in [2.24, 2.45) is 9.98 Å². The molecule has 0 saturated heterocycles. The van der Waals surface area contributed by atoms with Crippen LogP contribution in [0.25, 0.3) is 0 Å². The lowest BCUT2D eigenvalue weighted by atomic mass is 10.1. The average Bonchev–Trinajstić information content (AvgIpc) is 2.91. The Morgan fingerprint density at radius 2 is 1.74 bits per heavy atom. The molecule has 6 nitrogen and oxygen atoms in total. The zero-order chi connectivity index (χ0) is 28.3. The van der Waals surface area contributed by atoms with Crippen LogP contribution in [0.5, 0.6) is 5.75 Å². The smallest absolute Gasteiger partial charge is 0.149 e. The first-order chi connectivity index (χ1) is 18.3. The molecule has 6 heteroatoms. The summed E-state index contributed by atoms with van der Waals surface area (Å²) in [6.07, 6.45) is 6.35. The highest BCUT2D eigenvalue weighted by Gasteiger charge is 2.14. The second-order valence-electron chi connectivity index (χ2n) is 8.53. The number of hydrogen-bond donors (Lipinski definition) is 2. The Morgan fingerprint density at radius 1 is 1.08 bits per heavy atom. The van der Waals surface area contributed by atoms with Gasteiger partial charge in [0, 0.05) is 31.9 Å². The van der Waals surface area contributed by atoms with Crippen LogP contribution in [-0.4, -0.2) is 39.0 Å². The lowest BCUT2D eigenvalue weighted by molar-refractivity contribution is 0.215. The highest BCUT2D eigenvalue weighted by molar-refractivity contribution is 6.10. The number of hydrogen-bond acceptors (Lipinski definition) is 4. The summed E-state index contributed by atoms with van der Waals surface area (Å²) >= 11 is 0. The molecule has 1 atom stereocenters. The van der Waals surface area contributed by atoms with Gasteiger partial charge in [-0.2, -0.15) is 0 Å². The average molecular weight is 517 g/mol. The SMILES string of the molecule is C=CCOc1ccccc1C(C)NC(=C)NC(=NC(/C=C(\C)CC=C)=NC)c1ccccc1C.CCOC. The second kappa shape index (κ2) is 18.4. The maximum Gasteiger partial charge on any atom is 0.149 e. The van der Waals surface area contributed by atoms with Gasteiger partial charge in [0.05, 0.1) is 11.9 Å². The third-order valence-electron chi connectivity index (χ3n) is 5.39. The van der Waals surface area contributed by atoms with Crippen LogP contribution in [-0.2, 0) is 4.74 Å². The van der Waals surface area contributed by atoms with E-state index in [9.17, 15) is 0 Å². The summed E-state index contributed by atoms with van der Waals surface area (Å²) in [5.74, 6) is 2.72. The van der Waals surface area contributed by atoms with E-state index < -0.39 is 0 Å². The van der Waals surface area contributed by atoms with Crippen molar-refractivity contribution in [1.82, 2.24) is 10.6 Å². The predicted octanol–water partition coefficient (Wildman–Crippen LogP) is 6.92. The first-order valence-corrected chi connectivity index (χ1v) is 12.7. The van der Waals surface area contributed by atoms with E-state index in [1.165, 1.54) is 0 Å². The van der Waals surface area contributed by atoms with Crippen molar-refractivity contribution in [2.45, 2.75) is 40.2 Å². The Morgan fingerprint density at radius 3 is 2.34 bits per heavy atom. The Bertz CT molecular complexity index is 1130. The molecule has 0 spiro atoms. The molecule has 2 N–H and O–H groups in total. The number of amidine groups is 2. The minimum absolute atomic E-state index is 0.0480. The molecule has 0 saturated carbocycles. The van der Waals surface area contributed by atoms with Crippen LogP contribution in [0.4, 0.5) is 0 Å². The molecular formula is C32H44N4O2. The number of aryl methyl sites for hydroxylation is 1. The number of aliphatic imine (C=N–C) groups is 2. The molecule has 38 heavy (non-hydrogen) atoms. The van der Waals surface area contributed by atoms with Crippen LogP contribution in [0, 0.1) is 6.92 Å². The summed E-state index contributed by atoms with van der Waals surface area (Å²) in [7, 11) is 3.42. The summed E-state index contributed by atoms with van der Waals surface area (Å²) in [6, 6.07) is 16.0. The van der Waals surface area contributed by atoms with Crippen LogP contribution >= 0.6 is 0 Å².